The average Bonchev–Trinajstić information content (AvgIpc) is 3.28. The first-order valence-corrected chi connectivity index (χ1v) is 7.91. The van der Waals surface area contributed by atoms with Gasteiger partial charge in [-0.3, -0.25) is 9.59 Å². The summed E-state index contributed by atoms with van der Waals surface area (Å²) in [6.45, 7) is 0.512. The molecule has 5 nitrogen and oxygen atoms in total. The van der Waals surface area contributed by atoms with Gasteiger partial charge in [0, 0.05) is 17.9 Å². The molecule has 5 heteroatoms. The van der Waals surface area contributed by atoms with Crippen LogP contribution in [0.3, 0.4) is 0 Å². The van der Waals surface area contributed by atoms with Gasteiger partial charge in [-0.05, 0) is 47.6 Å². The van der Waals surface area contributed by atoms with E-state index < -0.39 is 12.5 Å². The van der Waals surface area contributed by atoms with Gasteiger partial charge < -0.3 is 15.6 Å². The van der Waals surface area contributed by atoms with Gasteiger partial charge in [0.05, 0.1) is 13.2 Å². The maximum absolute atomic E-state index is 11.6. The molecule has 1 heterocycles. The molecule has 122 valence electrons. The Labute approximate surface area is 135 Å². The van der Waals surface area contributed by atoms with Crippen molar-refractivity contribution in [2.75, 3.05) is 19.8 Å². The zero-order chi connectivity index (χ0) is 16.4. The van der Waals surface area contributed by atoms with Crippen molar-refractivity contribution in [2.45, 2.75) is 25.2 Å². The van der Waals surface area contributed by atoms with Crippen molar-refractivity contribution in [2.24, 2.45) is 11.7 Å². The minimum atomic E-state index is -0.442. The quantitative estimate of drug-likeness (QED) is 0.747. The largest absolute Gasteiger partial charge is 0.389 e. The first-order chi connectivity index (χ1) is 11.1. The number of ether oxygens (including phenoxy) is 1. The van der Waals surface area contributed by atoms with E-state index in [1.165, 1.54) is 0 Å². The number of primary amides is 1. The van der Waals surface area contributed by atoms with Crippen LogP contribution in [0.2, 0.25) is 0 Å². The van der Waals surface area contributed by atoms with Crippen molar-refractivity contribution in [3.05, 3.63) is 46.5 Å². The molecular weight excluding hydrogens is 294 g/mol. The Balaban J connectivity index is 1.95. The molecule has 3 rings (SSSR count). The second-order valence-corrected chi connectivity index (χ2v) is 6.30. The van der Waals surface area contributed by atoms with E-state index in [-0.39, 0.29) is 18.1 Å². The lowest BCUT2D eigenvalue weighted by molar-refractivity contribution is -0.121. The molecule has 1 fully saturated rings. The highest BCUT2D eigenvalue weighted by atomic mass is 16.5. The molecule has 1 saturated carbocycles. The third-order valence-corrected chi connectivity index (χ3v) is 4.57. The lowest BCUT2D eigenvalue weighted by atomic mass is 9.83. The number of aliphatic hydroxyl groups is 1. The summed E-state index contributed by atoms with van der Waals surface area (Å²) in [6, 6.07) is 7.42. The summed E-state index contributed by atoms with van der Waals surface area (Å²) in [5.41, 5.74) is 9.06. The molecule has 0 radical (unpaired) electrons. The number of benzene rings is 1. The third kappa shape index (κ3) is 3.51. The van der Waals surface area contributed by atoms with Crippen LogP contribution in [0.1, 0.15) is 41.1 Å². The van der Waals surface area contributed by atoms with Gasteiger partial charge in [-0.2, -0.15) is 0 Å². The van der Waals surface area contributed by atoms with E-state index in [9.17, 15) is 9.59 Å². The van der Waals surface area contributed by atoms with Crippen molar-refractivity contribution in [3.63, 3.8) is 0 Å². The van der Waals surface area contributed by atoms with Crippen LogP contribution < -0.4 is 5.73 Å². The molecule has 1 aliphatic carbocycles. The maximum Gasteiger partial charge on any atom is 0.248 e. The predicted molar refractivity (Wildman–Crippen MR) is 85.0 cm³/mol. The number of carbonyl (C=O) groups excluding carboxylic acids is 2. The minimum absolute atomic E-state index is 0.165. The zero-order valence-electron chi connectivity index (χ0n) is 13.0. The lowest BCUT2D eigenvalue weighted by Gasteiger charge is -2.20. The Morgan fingerprint density at radius 1 is 1.30 bits per heavy atom. The monoisotopic (exact) mass is 315 g/mol. The van der Waals surface area contributed by atoms with Crippen LogP contribution in [0, 0.1) is 5.92 Å². The molecule has 3 N–H and O–H groups in total. The van der Waals surface area contributed by atoms with Crippen LogP contribution in [-0.2, 0) is 9.53 Å². The molecule has 1 amide bonds. The van der Waals surface area contributed by atoms with E-state index in [4.69, 9.17) is 15.6 Å². The van der Waals surface area contributed by atoms with E-state index in [1.54, 1.807) is 6.07 Å². The van der Waals surface area contributed by atoms with Crippen molar-refractivity contribution >= 4 is 11.7 Å². The SMILES string of the molecule is NC(=O)c1cccc(C(C2=C(CC(=O)CO)COC2)C2CC2)c1. The average molecular weight is 315 g/mol. The third-order valence-electron chi connectivity index (χ3n) is 4.57. The number of Topliss-reactive ketones (excluding diaryl/α,β-unsaturated/α-hetero) is 1. The van der Waals surface area contributed by atoms with Crippen LogP contribution >= 0.6 is 0 Å². The number of carbonyl (C=O) groups is 2. The number of hydrogen-bond donors (Lipinski definition) is 2. The van der Waals surface area contributed by atoms with E-state index in [1.807, 2.05) is 18.2 Å². The summed E-state index contributed by atoms with van der Waals surface area (Å²) in [6.07, 6.45) is 2.51. The Morgan fingerprint density at radius 2 is 2.09 bits per heavy atom. The molecule has 23 heavy (non-hydrogen) atoms. The highest BCUT2D eigenvalue weighted by Gasteiger charge is 2.37. The predicted octanol–water partition coefficient (Wildman–Crippen LogP) is 1.56. The van der Waals surface area contributed by atoms with Gasteiger partial charge in [0.15, 0.2) is 5.78 Å². The molecule has 2 aliphatic rings. The summed E-state index contributed by atoms with van der Waals surface area (Å²) in [5.74, 6) is 0.0597. The lowest BCUT2D eigenvalue weighted by Crippen LogP contribution is -2.14. The standard InChI is InChI=1S/C18H21NO4/c19-18(22)13-3-1-2-12(6-13)17(11-4-5-11)16-10-23-9-14(16)7-15(21)8-20/h1-3,6,11,17,20H,4-5,7-10H2,(H2,19,22). The van der Waals surface area contributed by atoms with Crippen LogP contribution in [-0.4, -0.2) is 36.6 Å². The van der Waals surface area contributed by atoms with Crippen molar-refractivity contribution in [1.82, 2.24) is 0 Å². The second kappa shape index (κ2) is 6.64. The number of nitrogens with two attached hydrogens (primary N) is 1. The topological polar surface area (TPSA) is 89.6 Å². The summed E-state index contributed by atoms with van der Waals surface area (Å²) >= 11 is 0. The maximum atomic E-state index is 11.6. The van der Waals surface area contributed by atoms with Gasteiger partial charge in [0.2, 0.25) is 5.91 Å². The van der Waals surface area contributed by atoms with E-state index >= 15 is 0 Å². The van der Waals surface area contributed by atoms with E-state index in [0.29, 0.717) is 24.7 Å². The minimum Gasteiger partial charge on any atom is -0.389 e. The molecule has 0 saturated heterocycles. The van der Waals surface area contributed by atoms with Crippen LogP contribution in [0.5, 0.6) is 0 Å². The number of hydrogen-bond acceptors (Lipinski definition) is 4. The van der Waals surface area contributed by atoms with Gasteiger partial charge in [0.25, 0.3) is 0 Å². The molecule has 1 unspecified atom stereocenters. The van der Waals surface area contributed by atoms with Crippen molar-refractivity contribution in [1.29, 1.82) is 0 Å². The summed E-state index contributed by atoms with van der Waals surface area (Å²) in [4.78, 5) is 23.0. The summed E-state index contributed by atoms with van der Waals surface area (Å²) in [5, 5.41) is 8.99. The molecule has 0 spiro atoms. The number of aliphatic hydroxyl groups excluding tert-OH is 1. The smallest absolute Gasteiger partial charge is 0.248 e. The number of amides is 1. The fourth-order valence-corrected chi connectivity index (χ4v) is 3.32. The second-order valence-electron chi connectivity index (χ2n) is 6.30. The molecule has 1 aromatic carbocycles. The molecule has 0 bridgehead atoms. The Kier molecular flexibility index (Phi) is 4.59. The fourth-order valence-electron chi connectivity index (χ4n) is 3.32. The van der Waals surface area contributed by atoms with Gasteiger partial charge in [0.1, 0.15) is 6.61 Å². The normalized spacial score (nSPS) is 19.0. The molecule has 0 aromatic heterocycles. The van der Waals surface area contributed by atoms with Gasteiger partial charge >= 0.3 is 0 Å². The summed E-state index contributed by atoms with van der Waals surface area (Å²) < 4.78 is 5.57. The van der Waals surface area contributed by atoms with E-state index in [0.717, 1.165) is 29.6 Å². The fraction of sp³-hybridized carbons (Fsp3) is 0.444. The highest BCUT2D eigenvalue weighted by molar-refractivity contribution is 5.93. The molecule has 1 aliphatic heterocycles. The first-order valence-electron chi connectivity index (χ1n) is 7.91. The number of rotatable bonds is 7. The molecule has 1 atom stereocenters. The van der Waals surface area contributed by atoms with Gasteiger partial charge in [-0.1, -0.05) is 12.1 Å². The Bertz CT molecular complexity index is 661. The number of ketones is 1. The summed E-state index contributed by atoms with van der Waals surface area (Å²) in [7, 11) is 0. The van der Waals surface area contributed by atoms with Gasteiger partial charge in [-0.15, -0.1) is 0 Å². The highest BCUT2D eigenvalue weighted by Crippen LogP contribution is 2.48. The van der Waals surface area contributed by atoms with Gasteiger partial charge in [-0.25, -0.2) is 0 Å². The van der Waals surface area contributed by atoms with E-state index in [2.05, 4.69) is 0 Å². The van der Waals surface area contributed by atoms with Crippen molar-refractivity contribution < 1.29 is 19.4 Å². The first kappa shape index (κ1) is 15.9. The zero-order valence-corrected chi connectivity index (χ0v) is 13.0. The Morgan fingerprint density at radius 3 is 2.74 bits per heavy atom. The molecule has 1 aromatic rings. The Hall–Kier alpha value is -1.98. The van der Waals surface area contributed by atoms with Crippen LogP contribution in [0.25, 0.3) is 0 Å². The molecular formula is C18H21NO4. The van der Waals surface area contributed by atoms with Crippen LogP contribution in [0.15, 0.2) is 35.4 Å². The van der Waals surface area contributed by atoms with Crippen LogP contribution in [0.4, 0.5) is 0 Å². The van der Waals surface area contributed by atoms with Crippen molar-refractivity contribution in [3.8, 4) is 0 Å².